The van der Waals surface area contributed by atoms with E-state index in [4.69, 9.17) is 21.1 Å². The van der Waals surface area contributed by atoms with Crippen LogP contribution in [0.4, 0.5) is 0 Å². The standard InChI is InChI=1S/C26H42N4O6S2.ClH/c1-19-15-21(3)25(22(4)16-19)37(31,32)29(11-7-9-27)35-13-14-36-30(12-8-10-28)38(33,34)26-23(5)17-20(2)18-24(26)6;/h15-18H,7-14,27-28H2,1-6H3;1H. The van der Waals surface area contributed by atoms with Gasteiger partial charge >= 0.3 is 0 Å². The maximum atomic E-state index is 13.5. The highest BCUT2D eigenvalue weighted by molar-refractivity contribution is 7.89. The molecule has 13 heteroatoms. The monoisotopic (exact) mass is 606 g/mol. The lowest BCUT2D eigenvalue weighted by atomic mass is 10.1. The quantitative estimate of drug-likeness (QED) is 0.232. The third-order valence-corrected chi connectivity index (χ3v) is 9.87. The van der Waals surface area contributed by atoms with E-state index in [9.17, 15) is 16.8 Å². The molecule has 0 fully saturated rings. The lowest BCUT2D eigenvalue weighted by Gasteiger charge is -2.26. The van der Waals surface area contributed by atoms with Gasteiger partial charge in [-0.2, -0.15) is 0 Å². The first kappa shape index (κ1) is 35.4. The second kappa shape index (κ2) is 15.4. The maximum Gasteiger partial charge on any atom is 0.265 e. The average molecular weight is 607 g/mol. The Labute approximate surface area is 240 Å². The molecule has 10 nitrogen and oxygen atoms in total. The second-order valence-corrected chi connectivity index (χ2v) is 13.0. The predicted molar refractivity (Wildman–Crippen MR) is 156 cm³/mol. The molecule has 0 unspecified atom stereocenters. The molecule has 0 aliphatic heterocycles. The van der Waals surface area contributed by atoms with Crippen LogP contribution in [-0.2, 0) is 29.7 Å². The first-order valence-corrected chi connectivity index (χ1v) is 15.5. The topological polar surface area (TPSA) is 145 Å². The molecule has 2 aromatic carbocycles. The maximum absolute atomic E-state index is 13.5. The van der Waals surface area contributed by atoms with Crippen LogP contribution >= 0.6 is 12.4 Å². The average Bonchev–Trinajstić information content (AvgIpc) is 2.78. The molecule has 39 heavy (non-hydrogen) atoms. The number of hydrogen-bond donors (Lipinski definition) is 2. The molecule has 0 aliphatic rings. The zero-order valence-electron chi connectivity index (χ0n) is 23.7. The van der Waals surface area contributed by atoms with E-state index >= 15 is 0 Å². The van der Waals surface area contributed by atoms with Gasteiger partial charge in [0.2, 0.25) is 0 Å². The number of hydrogen-bond acceptors (Lipinski definition) is 8. The van der Waals surface area contributed by atoms with Crippen LogP contribution in [0.15, 0.2) is 34.1 Å². The number of halogens is 1. The van der Waals surface area contributed by atoms with Crippen LogP contribution < -0.4 is 11.5 Å². The molecule has 0 aromatic heterocycles. The molecule has 0 spiro atoms. The summed E-state index contributed by atoms with van der Waals surface area (Å²) >= 11 is 0. The Morgan fingerprint density at radius 2 is 0.897 bits per heavy atom. The van der Waals surface area contributed by atoms with Gasteiger partial charge in [-0.25, -0.2) is 16.8 Å². The Hall–Kier alpha value is -1.61. The van der Waals surface area contributed by atoms with Gasteiger partial charge in [0.05, 0.1) is 23.0 Å². The van der Waals surface area contributed by atoms with E-state index in [1.54, 1.807) is 52.0 Å². The third-order valence-electron chi connectivity index (χ3n) is 5.90. The number of nitrogens with zero attached hydrogens (tertiary/aromatic N) is 2. The molecule has 0 aliphatic carbocycles. The molecule has 0 amide bonds. The van der Waals surface area contributed by atoms with Crippen molar-refractivity contribution >= 4 is 32.5 Å². The van der Waals surface area contributed by atoms with Gasteiger partial charge in [-0.15, -0.1) is 12.4 Å². The fraction of sp³-hybridized carbons (Fsp3) is 0.538. The molecule has 4 N–H and O–H groups in total. The highest BCUT2D eigenvalue weighted by atomic mass is 35.5. The van der Waals surface area contributed by atoms with Crippen molar-refractivity contribution in [2.75, 3.05) is 39.4 Å². The summed E-state index contributed by atoms with van der Waals surface area (Å²) in [6, 6.07) is 7.22. The molecular weight excluding hydrogens is 564 g/mol. The summed E-state index contributed by atoms with van der Waals surface area (Å²) in [6.07, 6.45) is 0.764. The highest BCUT2D eigenvalue weighted by Gasteiger charge is 2.31. The zero-order chi connectivity index (χ0) is 28.7. The number of rotatable bonds is 15. The SMILES string of the molecule is Cc1cc(C)c(S(=O)(=O)N(CCCN)OCCON(CCCN)S(=O)(=O)c2c(C)cc(C)cc2C)c(C)c1.Cl. The lowest BCUT2D eigenvalue weighted by molar-refractivity contribution is -0.147. The normalized spacial score (nSPS) is 12.3. The Kier molecular flexibility index (Phi) is 14.0. The third kappa shape index (κ3) is 8.94. The predicted octanol–water partition coefficient (Wildman–Crippen LogP) is 3.20. The second-order valence-electron chi connectivity index (χ2n) is 9.47. The van der Waals surface area contributed by atoms with E-state index in [1.807, 2.05) is 13.8 Å². The van der Waals surface area contributed by atoms with Gasteiger partial charge in [-0.3, -0.25) is 9.68 Å². The molecule has 2 rings (SSSR count). The number of aryl methyl sites for hydroxylation is 6. The largest absolute Gasteiger partial charge is 0.330 e. The first-order chi connectivity index (χ1) is 17.8. The summed E-state index contributed by atoms with van der Waals surface area (Å²) in [6.45, 7) is 11.0. The molecule has 2 aromatic rings. The lowest BCUT2D eigenvalue weighted by Crippen LogP contribution is -2.37. The van der Waals surface area contributed by atoms with Crippen LogP contribution in [0.1, 0.15) is 46.2 Å². The minimum absolute atomic E-state index is 0. The molecule has 0 heterocycles. The summed E-state index contributed by atoms with van der Waals surface area (Å²) in [7, 11) is -8.00. The molecule has 0 atom stereocenters. The van der Waals surface area contributed by atoms with Gasteiger partial charge < -0.3 is 11.5 Å². The molecule has 0 bridgehead atoms. The summed E-state index contributed by atoms with van der Waals surface area (Å²) < 4.78 is 55.9. The van der Waals surface area contributed by atoms with Gasteiger partial charge in [0.15, 0.2) is 0 Å². The van der Waals surface area contributed by atoms with Crippen molar-refractivity contribution in [3.8, 4) is 0 Å². The Morgan fingerprint density at radius 1 is 0.615 bits per heavy atom. The van der Waals surface area contributed by atoms with Crippen LogP contribution in [0.5, 0.6) is 0 Å². The smallest absolute Gasteiger partial charge is 0.265 e. The fourth-order valence-electron chi connectivity index (χ4n) is 4.58. The van der Waals surface area contributed by atoms with Crippen molar-refractivity contribution in [2.24, 2.45) is 11.5 Å². The highest BCUT2D eigenvalue weighted by Crippen LogP contribution is 2.27. The molecule has 0 saturated heterocycles. The van der Waals surface area contributed by atoms with Crippen LogP contribution in [0.25, 0.3) is 0 Å². The minimum Gasteiger partial charge on any atom is -0.330 e. The number of sulfonamides is 2. The fourth-order valence-corrected chi connectivity index (χ4v) is 8.01. The Bertz CT molecular complexity index is 1170. The van der Waals surface area contributed by atoms with Crippen molar-refractivity contribution in [1.82, 2.24) is 8.94 Å². The summed E-state index contributed by atoms with van der Waals surface area (Å²) in [4.78, 5) is 11.7. The minimum atomic E-state index is -4.00. The van der Waals surface area contributed by atoms with Gasteiger partial charge in [-0.05, 0) is 89.7 Å². The van der Waals surface area contributed by atoms with Gasteiger partial charge in [-0.1, -0.05) is 44.3 Å². The summed E-state index contributed by atoms with van der Waals surface area (Å²) in [5.41, 5.74) is 15.6. The van der Waals surface area contributed by atoms with E-state index in [0.29, 0.717) is 35.1 Å². The van der Waals surface area contributed by atoms with Crippen molar-refractivity contribution in [3.63, 3.8) is 0 Å². The molecular formula is C26H43ClN4O6S2. The first-order valence-electron chi connectivity index (χ1n) is 12.6. The van der Waals surface area contributed by atoms with Gasteiger partial charge in [0.1, 0.15) is 0 Å². The Balaban J connectivity index is 0.00000760. The van der Waals surface area contributed by atoms with Crippen molar-refractivity contribution < 1.29 is 26.5 Å². The van der Waals surface area contributed by atoms with Crippen LogP contribution in [0, 0.1) is 41.5 Å². The van der Waals surface area contributed by atoms with E-state index < -0.39 is 20.0 Å². The van der Waals surface area contributed by atoms with E-state index in [-0.39, 0.29) is 61.6 Å². The van der Waals surface area contributed by atoms with E-state index in [2.05, 4.69) is 0 Å². The van der Waals surface area contributed by atoms with E-state index in [0.717, 1.165) is 20.1 Å². The zero-order valence-corrected chi connectivity index (χ0v) is 26.1. The number of benzene rings is 2. The Morgan fingerprint density at radius 3 is 1.15 bits per heavy atom. The van der Waals surface area contributed by atoms with Crippen LogP contribution in [-0.4, -0.2) is 65.2 Å². The van der Waals surface area contributed by atoms with Crippen LogP contribution in [0.3, 0.4) is 0 Å². The van der Waals surface area contributed by atoms with Crippen LogP contribution in [0.2, 0.25) is 0 Å². The summed E-state index contributed by atoms with van der Waals surface area (Å²) in [5.74, 6) is 0. The van der Waals surface area contributed by atoms with Gasteiger partial charge in [0.25, 0.3) is 20.0 Å². The molecule has 0 radical (unpaired) electrons. The van der Waals surface area contributed by atoms with Gasteiger partial charge in [0, 0.05) is 13.1 Å². The number of nitrogens with two attached hydrogens (primary N) is 2. The molecule has 0 saturated carbocycles. The summed E-state index contributed by atoms with van der Waals surface area (Å²) in [5, 5.41) is 0. The van der Waals surface area contributed by atoms with Crippen molar-refractivity contribution in [1.29, 1.82) is 0 Å². The molecule has 222 valence electrons. The van der Waals surface area contributed by atoms with Crippen molar-refractivity contribution in [2.45, 2.75) is 64.2 Å². The van der Waals surface area contributed by atoms with Crippen molar-refractivity contribution in [3.05, 3.63) is 57.6 Å². The van der Waals surface area contributed by atoms with E-state index in [1.165, 1.54) is 0 Å². The number of hydroxylamine groups is 2.